The zero-order valence-electron chi connectivity index (χ0n) is 18.1. The summed E-state index contributed by atoms with van der Waals surface area (Å²) in [5.41, 5.74) is 0.822. The van der Waals surface area contributed by atoms with Crippen LogP contribution in [-0.2, 0) is 30.7 Å². The lowest BCUT2D eigenvalue weighted by atomic mass is 10.1. The summed E-state index contributed by atoms with van der Waals surface area (Å²) in [4.78, 5) is 24.2. The number of nitrogens with zero attached hydrogens (tertiary/aromatic N) is 1. The predicted octanol–water partition coefficient (Wildman–Crippen LogP) is 1.37. The van der Waals surface area contributed by atoms with Gasteiger partial charge in [-0.15, -0.1) is 0 Å². The maximum atomic E-state index is 13.0. The molecule has 0 atom stereocenters. The Hall–Kier alpha value is -3.02. The summed E-state index contributed by atoms with van der Waals surface area (Å²) in [6, 6.07) is 9.82. The molecule has 0 radical (unpaired) electrons. The van der Waals surface area contributed by atoms with Crippen molar-refractivity contribution in [2.45, 2.75) is 11.3 Å². The fourth-order valence-corrected chi connectivity index (χ4v) is 4.78. The van der Waals surface area contributed by atoms with Crippen LogP contribution in [-0.4, -0.2) is 71.2 Å². The van der Waals surface area contributed by atoms with Gasteiger partial charge in [0.15, 0.2) is 6.61 Å². The van der Waals surface area contributed by atoms with Gasteiger partial charge in [0.05, 0.1) is 25.9 Å². The molecule has 3 rings (SSSR count). The van der Waals surface area contributed by atoms with Crippen LogP contribution in [0, 0.1) is 5.82 Å². The molecule has 1 saturated heterocycles. The zero-order chi connectivity index (χ0) is 23.8. The van der Waals surface area contributed by atoms with E-state index in [9.17, 15) is 22.4 Å². The zero-order valence-corrected chi connectivity index (χ0v) is 18.9. The normalized spacial score (nSPS) is 14.5. The Kier molecular flexibility index (Phi) is 8.37. The van der Waals surface area contributed by atoms with Crippen LogP contribution >= 0.6 is 0 Å². The molecule has 0 aliphatic carbocycles. The number of benzene rings is 2. The topological polar surface area (TPSA) is 111 Å². The Labute approximate surface area is 191 Å². The molecule has 0 aromatic heterocycles. The molecule has 0 unspecified atom stereocenters. The highest BCUT2D eigenvalue weighted by molar-refractivity contribution is 7.89. The first kappa shape index (κ1) is 24.6. The molecule has 1 N–H and O–H groups in total. The molecule has 1 aliphatic heterocycles. The molecule has 2 aromatic rings. The summed E-state index contributed by atoms with van der Waals surface area (Å²) in [7, 11) is -2.58. The molecule has 178 valence electrons. The van der Waals surface area contributed by atoms with Crippen molar-refractivity contribution < 1.29 is 36.6 Å². The molecule has 0 saturated carbocycles. The minimum atomic E-state index is -3.92. The fourth-order valence-electron chi connectivity index (χ4n) is 3.19. The molecular formula is C22H25FN2O7S. The van der Waals surface area contributed by atoms with Crippen LogP contribution < -0.4 is 10.1 Å². The lowest BCUT2D eigenvalue weighted by Crippen LogP contribution is -2.40. The molecule has 1 amide bonds. The number of hydrogen-bond acceptors (Lipinski definition) is 7. The first-order valence-corrected chi connectivity index (χ1v) is 11.7. The van der Waals surface area contributed by atoms with E-state index < -0.39 is 28.5 Å². The van der Waals surface area contributed by atoms with E-state index in [0.717, 1.165) is 5.56 Å². The van der Waals surface area contributed by atoms with Crippen LogP contribution in [0.1, 0.15) is 15.9 Å². The smallest absolute Gasteiger partial charge is 0.338 e. The monoisotopic (exact) mass is 480 g/mol. The second kappa shape index (κ2) is 11.2. The number of halogens is 1. The minimum Gasteiger partial charge on any atom is -0.495 e. The molecule has 0 spiro atoms. The van der Waals surface area contributed by atoms with E-state index in [4.69, 9.17) is 14.2 Å². The molecule has 0 bridgehead atoms. The molecule has 1 aliphatic rings. The quantitative estimate of drug-likeness (QED) is 0.540. The van der Waals surface area contributed by atoms with Crippen molar-refractivity contribution in [3.8, 4) is 5.75 Å². The van der Waals surface area contributed by atoms with Gasteiger partial charge in [0.1, 0.15) is 16.5 Å². The maximum absolute atomic E-state index is 13.0. The Balaban J connectivity index is 1.58. The van der Waals surface area contributed by atoms with Crippen molar-refractivity contribution in [1.82, 2.24) is 9.62 Å². The Morgan fingerprint density at radius 1 is 1.12 bits per heavy atom. The predicted molar refractivity (Wildman–Crippen MR) is 116 cm³/mol. The molecule has 1 heterocycles. The van der Waals surface area contributed by atoms with Crippen LogP contribution in [0.25, 0.3) is 0 Å². The largest absolute Gasteiger partial charge is 0.495 e. The van der Waals surface area contributed by atoms with Crippen molar-refractivity contribution in [2.24, 2.45) is 0 Å². The first-order chi connectivity index (χ1) is 15.8. The van der Waals surface area contributed by atoms with E-state index in [-0.39, 0.29) is 54.9 Å². The van der Waals surface area contributed by atoms with Gasteiger partial charge in [0.25, 0.3) is 5.91 Å². The van der Waals surface area contributed by atoms with Gasteiger partial charge in [-0.2, -0.15) is 4.31 Å². The molecule has 11 heteroatoms. The summed E-state index contributed by atoms with van der Waals surface area (Å²) in [5, 5.41) is 2.61. The van der Waals surface area contributed by atoms with Gasteiger partial charge in [-0.25, -0.2) is 17.6 Å². The number of rotatable bonds is 9. The number of nitrogens with one attached hydrogen (secondary N) is 1. The number of amides is 1. The second-order valence-electron chi connectivity index (χ2n) is 7.18. The minimum absolute atomic E-state index is 0.0262. The lowest BCUT2D eigenvalue weighted by Gasteiger charge is -2.26. The van der Waals surface area contributed by atoms with Crippen molar-refractivity contribution in [3.05, 3.63) is 59.4 Å². The molecular weight excluding hydrogens is 455 g/mol. The number of sulfonamides is 1. The number of ether oxygens (including phenoxy) is 3. The SMILES string of the molecule is COc1ccc(C(=O)OCC(=O)NCCc2ccc(F)cc2)cc1S(=O)(=O)N1CCOCC1. The van der Waals surface area contributed by atoms with Gasteiger partial charge in [-0.1, -0.05) is 12.1 Å². The second-order valence-corrected chi connectivity index (χ2v) is 9.09. The summed E-state index contributed by atoms with van der Waals surface area (Å²) < 4.78 is 55.6. The average Bonchev–Trinajstić information content (AvgIpc) is 2.84. The molecule has 2 aromatic carbocycles. The summed E-state index contributed by atoms with van der Waals surface area (Å²) in [6.07, 6.45) is 0.487. The number of esters is 1. The standard InChI is InChI=1S/C22H25FN2O7S/c1-30-19-7-4-17(14-20(19)33(28,29)25-10-12-31-13-11-25)22(27)32-15-21(26)24-9-8-16-2-5-18(23)6-3-16/h2-7,14H,8-13,15H2,1H3,(H,24,26). The van der Waals surface area contributed by atoms with E-state index in [1.807, 2.05) is 0 Å². The third-order valence-corrected chi connectivity index (χ3v) is 6.89. The van der Waals surface area contributed by atoms with E-state index in [2.05, 4.69) is 5.32 Å². The van der Waals surface area contributed by atoms with Crippen molar-refractivity contribution in [2.75, 3.05) is 46.6 Å². The first-order valence-electron chi connectivity index (χ1n) is 10.3. The summed E-state index contributed by atoms with van der Waals surface area (Å²) in [6.45, 7) is 0.696. The highest BCUT2D eigenvalue weighted by Crippen LogP contribution is 2.28. The number of carbonyl (C=O) groups excluding carboxylic acids is 2. The van der Waals surface area contributed by atoms with Gasteiger partial charge in [-0.05, 0) is 42.3 Å². The van der Waals surface area contributed by atoms with Gasteiger partial charge < -0.3 is 19.5 Å². The average molecular weight is 481 g/mol. The number of morpholine rings is 1. The third-order valence-electron chi connectivity index (χ3n) is 4.97. The van der Waals surface area contributed by atoms with Crippen LogP contribution in [0.4, 0.5) is 4.39 Å². The summed E-state index contributed by atoms with van der Waals surface area (Å²) >= 11 is 0. The van der Waals surface area contributed by atoms with Crippen molar-refractivity contribution >= 4 is 21.9 Å². The van der Waals surface area contributed by atoms with E-state index in [1.54, 1.807) is 12.1 Å². The highest BCUT2D eigenvalue weighted by Gasteiger charge is 2.30. The van der Waals surface area contributed by atoms with Gasteiger partial charge in [0, 0.05) is 19.6 Å². The number of carbonyl (C=O) groups is 2. The van der Waals surface area contributed by atoms with Crippen molar-refractivity contribution in [3.63, 3.8) is 0 Å². The molecule has 33 heavy (non-hydrogen) atoms. The maximum Gasteiger partial charge on any atom is 0.338 e. The van der Waals surface area contributed by atoms with Crippen LogP contribution in [0.2, 0.25) is 0 Å². The van der Waals surface area contributed by atoms with Gasteiger partial charge in [0.2, 0.25) is 10.0 Å². The van der Waals surface area contributed by atoms with E-state index >= 15 is 0 Å². The van der Waals surface area contributed by atoms with E-state index in [1.165, 1.54) is 41.7 Å². The highest BCUT2D eigenvalue weighted by atomic mass is 32.2. The lowest BCUT2D eigenvalue weighted by molar-refractivity contribution is -0.124. The fraction of sp³-hybridized carbons (Fsp3) is 0.364. The van der Waals surface area contributed by atoms with Crippen LogP contribution in [0.5, 0.6) is 5.75 Å². The van der Waals surface area contributed by atoms with E-state index in [0.29, 0.717) is 6.42 Å². The van der Waals surface area contributed by atoms with Gasteiger partial charge in [-0.3, -0.25) is 4.79 Å². The Morgan fingerprint density at radius 2 is 1.82 bits per heavy atom. The number of hydrogen-bond donors (Lipinski definition) is 1. The van der Waals surface area contributed by atoms with Crippen LogP contribution in [0.3, 0.4) is 0 Å². The number of methoxy groups -OCH3 is 1. The Bertz CT molecular complexity index is 1080. The van der Waals surface area contributed by atoms with Crippen LogP contribution in [0.15, 0.2) is 47.4 Å². The van der Waals surface area contributed by atoms with Gasteiger partial charge >= 0.3 is 5.97 Å². The Morgan fingerprint density at radius 3 is 2.48 bits per heavy atom. The third kappa shape index (κ3) is 6.50. The van der Waals surface area contributed by atoms with Crippen molar-refractivity contribution in [1.29, 1.82) is 0 Å². The molecule has 1 fully saturated rings. The molecule has 9 nitrogen and oxygen atoms in total. The summed E-state index contributed by atoms with van der Waals surface area (Å²) in [5.74, 6) is -1.60.